The van der Waals surface area contributed by atoms with E-state index in [2.05, 4.69) is 31.5 Å². The number of nitrogens with two attached hydrogens (primary N) is 1. The van der Waals surface area contributed by atoms with Crippen LogP contribution in [-0.4, -0.2) is 10.9 Å². The number of rotatable bonds is 2. The lowest BCUT2D eigenvalue weighted by atomic mass is 10.1. The number of nitrogen functional groups attached to an aromatic ring is 1. The van der Waals surface area contributed by atoms with E-state index in [1.54, 1.807) is 6.07 Å². The van der Waals surface area contributed by atoms with Crippen molar-refractivity contribution >= 4 is 54.2 Å². The highest BCUT2D eigenvalue weighted by molar-refractivity contribution is 9.10. The smallest absolute Gasteiger partial charge is 0.255 e. The highest BCUT2D eigenvalue weighted by Gasteiger charge is 2.14. The second kappa shape index (κ2) is 5.59. The van der Waals surface area contributed by atoms with Crippen molar-refractivity contribution in [3.8, 4) is 0 Å². The summed E-state index contributed by atoms with van der Waals surface area (Å²) < 4.78 is 1.66. The van der Waals surface area contributed by atoms with Gasteiger partial charge in [-0.15, -0.1) is 0 Å². The lowest BCUT2D eigenvalue weighted by molar-refractivity contribution is 0.102. The van der Waals surface area contributed by atoms with Crippen LogP contribution in [0.3, 0.4) is 0 Å². The third-order valence-electron chi connectivity index (χ3n) is 3.82. The second-order valence-corrected chi connectivity index (χ2v) is 7.31. The van der Waals surface area contributed by atoms with E-state index >= 15 is 0 Å². The first-order chi connectivity index (χ1) is 11.1. The molecule has 0 aliphatic carbocycles. The van der Waals surface area contributed by atoms with E-state index < -0.39 is 0 Å². The van der Waals surface area contributed by atoms with Crippen LogP contribution in [0.5, 0.6) is 0 Å². The van der Waals surface area contributed by atoms with Crippen molar-refractivity contribution < 1.29 is 4.79 Å². The zero-order valence-electron chi connectivity index (χ0n) is 12.0. The van der Waals surface area contributed by atoms with Crippen LogP contribution >= 0.6 is 27.3 Å². The molecule has 116 valence electrons. The molecule has 23 heavy (non-hydrogen) atoms. The van der Waals surface area contributed by atoms with Gasteiger partial charge >= 0.3 is 0 Å². The average molecular weight is 389 g/mol. The van der Waals surface area contributed by atoms with Crippen LogP contribution in [0.4, 0.5) is 10.8 Å². The molecule has 1 amide bonds. The molecule has 5 nitrogen and oxygen atoms in total. The highest BCUT2D eigenvalue weighted by atomic mass is 79.9. The highest BCUT2D eigenvalue weighted by Crippen LogP contribution is 2.31. The van der Waals surface area contributed by atoms with Crippen molar-refractivity contribution in [2.24, 2.45) is 0 Å². The fourth-order valence-corrected chi connectivity index (χ4v) is 4.19. The molecule has 7 heteroatoms. The number of carbonyl (C=O) groups excluding carboxylic acids is 1. The number of nitrogens with zero attached hydrogens (tertiary/aromatic N) is 1. The third kappa shape index (κ3) is 2.71. The Labute approximate surface area is 145 Å². The summed E-state index contributed by atoms with van der Waals surface area (Å²) in [6, 6.07) is 9.59. The van der Waals surface area contributed by atoms with Gasteiger partial charge in [0.05, 0.1) is 10.2 Å². The van der Waals surface area contributed by atoms with Crippen LogP contribution in [0.15, 0.2) is 34.8 Å². The maximum atomic E-state index is 12.5. The number of thiazole rings is 1. The van der Waals surface area contributed by atoms with E-state index in [4.69, 9.17) is 5.73 Å². The minimum atomic E-state index is -0.148. The molecular formula is C16H13BrN4OS. The SMILES string of the molecule is Nc1nc2c(Br)cc(C(=O)Nc3ccc4c(c3)CNC4)cc2s1. The molecule has 0 saturated carbocycles. The maximum Gasteiger partial charge on any atom is 0.255 e. The molecule has 4 rings (SSSR count). The van der Waals surface area contributed by atoms with Crippen LogP contribution in [-0.2, 0) is 13.1 Å². The van der Waals surface area contributed by atoms with Crippen LogP contribution in [0, 0.1) is 0 Å². The molecule has 0 bridgehead atoms. The minimum Gasteiger partial charge on any atom is -0.375 e. The van der Waals surface area contributed by atoms with Crippen molar-refractivity contribution in [1.82, 2.24) is 10.3 Å². The summed E-state index contributed by atoms with van der Waals surface area (Å²) in [6.45, 7) is 1.73. The van der Waals surface area contributed by atoms with E-state index in [9.17, 15) is 4.79 Å². The first-order valence-electron chi connectivity index (χ1n) is 7.09. The van der Waals surface area contributed by atoms with Gasteiger partial charge in [0.1, 0.15) is 0 Å². The summed E-state index contributed by atoms with van der Waals surface area (Å²) in [5.74, 6) is -0.148. The lowest BCUT2D eigenvalue weighted by Gasteiger charge is -2.08. The number of benzene rings is 2. The zero-order valence-corrected chi connectivity index (χ0v) is 14.4. The Balaban J connectivity index is 1.64. The summed E-state index contributed by atoms with van der Waals surface area (Å²) in [5.41, 5.74) is 10.4. The third-order valence-corrected chi connectivity index (χ3v) is 5.26. The Kier molecular flexibility index (Phi) is 3.56. The van der Waals surface area contributed by atoms with Crippen LogP contribution < -0.4 is 16.4 Å². The van der Waals surface area contributed by atoms with Gasteiger partial charge < -0.3 is 16.4 Å². The van der Waals surface area contributed by atoms with Gasteiger partial charge in [-0.05, 0) is 51.3 Å². The summed E-state index contributed by atoms with van der Waals surface area (Å²) in [6.07, 6.45) is 0. The molecule has 2 heterocycles. The van der Waals surface area contributed by atoms with Gasteiger partial charge in [0.2, 0.25) is 0 Å². The van der Waals surface area contributed by atoms with E-state index in [1.165, 1.54) is 22.5 Å². The molecule has 3 aromatic rings. The molecule has 0 spiro atoms. The summed E-state index contributed by atoms with van der Waals surface area (Å²) in [4.78, 5) is 16.8. The van der Waals surface area contributed by atoms with Crippen molar-refractivity contribution in [3.63, 3.8) is 0 Å². The van der Waals surface area contributed by atoms with E-state index in [0.717, 1.165) is 33.5 Å². The fraction of sp³-hybridized carbons (Fsp3) is 0.125. The Morgan fingerprint density at radius 3 is 2.96 bits per heavy atom. The normalized spacial score (nSPS) is 13.3. The maximum absolute atomic E-state index is 12.5. The Morgan fingerprint density at radius 2 is 2.09 bits per heavy atom. The average Bonchev–Trinajstić information content (AvgIpc) is 3.12. The summed E-state index contributed by atoms with van der Waals surface area (Å²) >= 11 is 4.82. The van der Waals surface area contributed by atoms with Gasteiger partial charge in [-0.3, -0.25) is 4.79 Å². The fourth-order valence-electron chi connectivity index (χ4n) is 2.71. The Bertz CT molecular complexity index is 937. The van der Waals surface area contributed by atoms with Gasteiger partial charge in [-0.1, -0.05) is 17.4 Å². The predicted octanol–water partition coefficient (Wildman–Crippen LogP) is 3.50. The number of hydrogen-bond acceptors (Lipinski definition) is 5. The molecule has 0 saturated heterocycles. The van der Waals surface area contributed by atoms with Crippen LogP contribution in [0.2, 0.25) is 0 Å². The molecule has 1 aromatic heterocycles. The van der Waals surface area contributed by atoms with E-state index in [-0.39, 0.29) is 5.91 Å². The van der Waals surface area contributed by atoms with Gasteiger partial charge in [-0.25, -0.2) is 4.98 Å². The molecular weight excluding hydrogens is 376 g/mol. The number of hydrogen-bond donors (Lipinski definition) is 3. The van der Waals surface area contributed by atoms with Crippen molar-refractivity contribution in [2.75, 3.05) is 11.1 Å². The first kappa shape index (κ1) is 14.6. The van der Waals surface area contributed by atoms with Crippen molar-refractivity contribution in [2.45, 2.75) is 13.1 Å². The first-order valence-corrected chi connectivity index (χ1v) is 8.70. The van der Waals surface area contributed by atoms with Crippen LogP contribution in [0.1, 0.15) is 21.5 Å². The molecule has 1 aliphatic rings. The summed E-state index contributed by atoms with van der Waals surface area (Å²) in [5, 5.41) is 6.74. The number of halogens is 1. The monoisotopic (exact) mass is 388 g/mol. The zero-order chi connectivity index (χ0) is 16.0. The molecule has 0 fully saturated rings. The number of aromatic nitrogens is 1. The van der Waals surface area contributed by atoms with E-state index in [0.29, 0.717) is 10.7 Å². The number of nitrogens with one attached hydrogen (secondary N) is 2. The standard InChI is InChI=1S/C16H13BrN4OS/c17-12-4-9(5-13-14(12)21-16(18)23-13)15(22)20-11-2-1-8-6-19-7-10(8)3-11/h1-5,19H,6-7H2,(H2,18,21)(H,20,22). The lowest BCUT2D eigenvalue weighted by Crippen LogP contribution is -2.12. The number of carbonyl (C=O) groups is 1. The minimum absolute atomic E-state index is 0.148. The van der Waals surface area contributed by atoms with Gasteiger partial charge in [0.15, 0.2) is 5.13 Å². The summed E-state index contributed by atoms with van der Waals surface area (Å²) in [7, 11) is 0. The molecule has 1 aliphatic heterocycles. The molecule has 0 unspecified atom stereocenters. The Hall–Kier alpha value is -1.96. The molecule has 0 atom stereocenters. The number of amides is 1. The molecule has 0 radical (unpaired) electrons. The predicted molar refractivity (Wildman–Crippen MR) is 96.7 cm³/mol. The topological polar surface area (TPSA) is 80.0 Å². The van der Waals surface area contributed by atoms with Gasteiger partial charge in [0, 0.05) is 28.8 Å². The van der Waals surface area contributed by atoms with E-state index in [1.807, 2.05) is 24.3 Å². The molecule has 4 N–H and O–H groups in total. The van der Waals surface area contributed by atoms with Crippen LogP contribution in [0.25, 0.3) is 10.2 Å². The number of anilines is 2. The van der Waals surface area contributed by atoms with Crippen molar-refractivity contribution in [3.05, 3.63) is 51.5 Å². The van der Waals surface area contributed by atoms with Crippen molar-refractivity contribution in [1.29, 1.82) is 0 Å². The molecule has 2 aromatic carbocycles. The van der Waals surface area contributed by atoms with Gasteiger partial charge in [-0.2, -0.15) is 0 Å². The van der Waals surface area contributed by atoms with Gasteiger partial charge in [0.25, 0.3) is 5.91 Å². The quantitative estimate of drug-likeness (QED) is 0.627. The second-order valence-electron chi connectivity index (χ2n) is 5.40. The Morgan fingerprint density at radius 1 is 1.26 bits per heavy atom. The number of fused-ring (bicyclic) bond motifs is 2. The largest absolute Gasteiger partial charge is 0.375 e.